The minimum atomic E-state index is -0.838. The van der Waals surface area contributed by atoms with Gasteiger partial charge >= 0.3 is 0 Å². The average molecular weight is 557 g/mol. The van der Waals surface area contributed by atoms with E-state index in [0.29, 0.717) is 12.6 Å². The standard InChI is InChI=1S/C27H26Cl2N4O5/c28-20-12-25(21(29)11-18(20)26(36)31-16(14-34)15-35)38-24-7-8-30-13-19(24)27(37)33-10-9-32(17-5-6-17)22-3-1-2-4-23(22)33/h1-4,7-8,11-13,16-17,34-35H,5-6,9-10,14-15H2,(H,31,36). The van der Waals surface area contributed by atoms with Crippen LogP contribution in [0.5, 0.6) is 11.5 Å². The molecule has 1 aromatic heterocycles. The zero-order valence-electron chi connectivity index (χ0n) is 20.3. The molecule has 0 bridgehead atoms. The fourth-order valence-corrected chi connectivity index (χ4v) is 4.89. The van der Waals surface area contributed by atoms with Gasteiger partial charge in [-0.15, -0.1) is 0 Å². The summed E-state index contributed by atoms with van der Waals surface area (Å²) in [5.41, 5.74) is 2.18. The summed E-state index contributed by atoms with van der Waals surface area (Å²) in [6, 6.07) is 11.8. The number of aliphatic hydroxyl groups is 2. The number of amides is 2. The first-order valence-corrected chi connectivity index (χ1v) is 13.0. The SMILES string of the molecule is O=C(NC(CO)CO)c1cc(Cl)c(Oc2ccncc2C(=O)N2CCN(C3CC3)c3ccccc32)cc1Cl. The number of hydrogen-bond donors (Lipinski definition) is 3. The first kappa shape index (κ1) is 26.2. The lowest BCUT2D eigenvalue weighted by atomic mass is 10.1. The van der Waals surface area contributed by atoms with Crippen LogP contribution in [0.15, 0.2) is 54.9 Å². The number of hydrogen-bond acceptors (Lipinski definition) is 7. The van der Waals surface area contributed by atoms with Gasteiger partial charge in [-0.05, 0) is 37.1 Å². The lowest BCUT2D eigenvalue weighted by molar-refractivity contribution is 0.0879. The Hall–Kier alpha value is -3.37. The monoisotopic (exact) mass is 556 g/mol. The van der Waals surface area contributed by atoms with Gasteiger partial charge < -0.3 is 30.1 Å². The van der Waals surface area contributed by atoms with Crippen LogP contribution in [0.3, 0.4) is 0 Å². The van der Waals surface area contributed by atoms with Crippen LogP contribution in [0.25, 0.3) is 0 Å². The first-order valence-electron chi connectivity index (χ1n) is 12.2. The number of fused-ring (bicyclic) bond motifs is 1. The van der Waals surface area contributed by atoms with Crippen LogP contribution in [0, 0.1) is 0 Å². The molecule has 1 fully saturated rings. The number of aromatic nitrogens is 1. The van der Waals surface area contributed by atoms with Crippen molar-refractivity contribution in [1.82, 2.24) is 10.3 Å². The summed E-state index contributed by atoms with van der Waals surface area (Å²) in [5, 5.41) is 21.0. The van der Waals surface area contributed by atoms with E-state index >= 15 is 0 Å². The van der Waals surface area contributed by atoms with E-state index in [1.54, 1.807) is 11.0 Å². The number of rotatable bonds is 8. The van der Waals surface area contributed by atoms with Gasteiger partial charge in [0.2, 0.25) is 0 Å². The predicted octanol–water partition coefficient (Wildman–Crippen LogP) is 3.89. The maximum atomic E-state index is 13.8. The molecule has 0 unspecified atom stereocenters. The molecule has 3 aromatic rings. The molecule has 2 amide bonds. The lowest BCUT2D eigenvalue weighted by Crippen LogP contribution is -2.45. The molecule has 1 saturated carbocycles. The number of halogens is 2. The van der Waals surface area contributed by atoms with Crippen molar-refractivity contribution >= 4 is 46.4 Å². The first-order chi connectivity index (χ1) is 18.4. The second kappa shape index (κ2) is 11.2. The Labute approximate surface area is 229 Å². The highest BCUT2D eigenvalue weighted by Crippen LogP contribution is 2.41. The third-order valence-corrected chi connectivity index (χ3v) is 7.16. The Morgan fingerprint density at radius 2 is 1.74 bits per heavy atom. The number of carbonyl (C=O) groups is 2. The molecule has 5 rings (SSSR count). The molecule has 198 valence electrons. The highest BCUT2D eigenvalue weighted by Gasteiger charge is 2.36. The molecular weight excluding hydrogens is 531 g/mol. The Kier molecular flexibility index (Phi) is 7.71. The van der Waals surface area contributed by atoms with Crippen molar-refractivity contribution in [2.24, 2.45) is 0 Å². The summed E-state index contributed by atoms with van der Waals surface area (Å²) in [7, 11) is 0. The third kappa shape index (κ3) is 5.28. The number of para-hydroxylation sites is 2. The molecular formula is C27H26Cl2N4O5. The van der Waals surface area contributed by atoms with Gasteiger partial charge in [0.05, 0.1) is 46.2 Å². The number of nitrogens with one attached hydrogen (secondary N) is 1. The molecule has 0 radical (unpaired) electrons. The Bertz CT molecular complexity index is 1360. The largest absolute Gasteiger partial charge is 0.455 e. The predicted molar refractivity (Wildman–Crippen MR) is 145 cm³/mol. The Balaban J connectivity index is 1.40. The number of aliphatic hydroxyl groups excluding tert-OH is 2. The zero-order valence-corrected chi connectivity index (χ0v) is 21.8. The lowest BCUT2D eigenvalue weighted by Gasteiger charge is -2.38. The maximum Gasteiger partial charge on any atom is 0.263 e. The van der Waals surface area contributed by atoms with Gasteiger partial charge in [-0.1, -0.05) is 35.3 Å². The van der Waals surface area contributed by atoms with Crippen LogP contribution >= 0.6 is 23.2 Å². The van der Waals surface area contributed by atoms with Crippen molar-refractivity contribution in [3.05, 3.63) is 76.0 Å². The third-order valence-electron chi connectivity index (χ3n) is 6.55. The minimum Gasteiger partial charge on any atom is -0.455 e. The minimum absolute atomic E-state index is 0.0450. The van der Waals surface area contributed by atoms with Crippen molar-refractivity contribution in [1.29, 1.82) is 0 Å². The summed E-state index contributed by atoms with van der Waals surface area (Å²) >= 11 is 12.8. The van der Waals surface area contributed by atoms with Crippen molar-refractivity contribution in [3.8, 4) is 11.5 Å². The van der Waals surface area contributed by atoms with E-state index in [1.165, 1.54) is 24.5 Å². The summed E-state index contributed by atoms with van der Waals surface area (Å²) in [5.74, 6) is -0.482. The summed E-state index contributed by atoms with van der Waals surface area (Å²) in [6.07, 6.45) is 5.29. The highest BCUT2D eigenvalue weighted by molar-refractivity contribution is 6.36. The molecule has 11 heteroatoms. The van der Waals surface area contributed by atoms with Crippen LogP contribution in [0.2, 0.25) is 10.0 Å². The van der Waals surface area contributed by atoms with Crippen molar-refractivity contribution in [2.45, 2.75) is 24.9 Å². The van der Waals surface area contributed by atoms with E-state index in [0.717, 1.165) is 30.8 Å². The topological polar surface area (TPSA) is 115 Å². The van der Waals surface area contributed by atoms with Gasteiger partial charge in [-0.25, -0.2) is 0 Å². The van der Waals surface area contributed by atoms with Crippen LogP contribution in [-0.2, 0) is 0 Å². The van der Waals surface area contributed by atoms with E-state index in [2.05, 4.69) is 15.2 Å². The highest BCUT2D eigenvalue weighted by atomic mass is 35.5. The molecule has 2 aromatic carbocycles. The summed E-state index contributed by atoms with van der Waals surface area (Å²) in [4.78, 5) is 34.5. The fraction of sp³-hybridized carbons (Fsp3) is 0.296. The molecule has 0 saturated heterocycles. The Morgan fingerprint density at radius 1 is 1.00 bits per heavy atom. The number of benzene rings is 2. The zero-order chi connectivity index (χ0) is 26.8. The van der Waals surface area contributed by atoms with Crippen LogP contribution in [0.4, 0.5) is 11.4 Å². The number of nitrogens with zero attached hydrogens (tertiary/aromatic N) is 3. The molecule has 9 nitrogen and oxygen atoms in total. The number of anilines is 2. The van der Waals surface area contributed by atoms with Gasteiger partial charge in [-0.2, -0.15) is 0 Å². The van der Waals surface area contributed by atoms with E-state index < -0.39 is 25.2 Å². The van der Waals surface area contributed by atoms with E-state index in [9.17, 15) is 19.8 Å². The van der Waals surface area contributed by atoms with E-state index in [1.807, 2.05) is 24.3 Å². The molecule has 0 spiro atoms. The number of ether oxygens (including phenoxy) is 1. The smallest absolute Gasteiger partial charge is 0.263 e. The second-order valence-corrected chi connectivity index (χ2v) is 9.96. The fourth-order valence-electron chi connectivity index (χ4n) is 4.45. The van der Waals surface area contributed by atoms with Gasteiger partial charge in [0.1, 0.15) is 17.1 Å². The quantitative estimate of drug-likeness (QED) is 0.385. The van der Waals surface area contributed by atoms with Gasteiger partial charge in [0.15, 0.2) is 0 Å². The normalized spacial score (nSPS) is 14.9. The van der Waals surface area contributed by atoms with Crippen molar-refractivity contribution < 1.29 is 24.5 Å². The molecule has 2 aliphatic rings. The molecule has 1 aliphatic carbocycles. The Morgan fingerprint density at radius 3 is 2.45 bits per heavy atom. The number of carbonyl (C=O) groups excluding carboxylic acids is 2. The van der Waals surface area contributed by atoms with Crippen molar-refractivity contribution in [2.75, 3.05) is 36.1 Å². The van der Waals surface area contributed by atoms with Gasteiger partial charge in [0, 0.05) is 37.6 Å². The summed E-state index contributed by atoms with van der Waals surface area (Å²) in [6.45, 7) is 0.392. The molecule has 3 N–H and O–H groups in total. The second-order valence-electron chi connectivity index (χ2n) is 9.14. The molecule has 1 aliphatic heterocycles. The van der Waals surface area contributed by atoms with Gasteiger partial charge in [0.25, 0.3) is 11.8 Å². The number of pyridine rings is 1. The molecule has 2 heterocycles. The van der Waals surface area contributed by atoms with Crippen molar-refractivity contribution in [3.63, 3.8) is 0 Å². The average Bonchev–Trinajstić information content (AvgIpc) is 3.78. The van der Waals surface area contributed by atoms with Crippen LogP contribution in [-0.4, -0.2) is 65.4 Å². The molecule has 0 atom stereocenters. The van der Waals surface area contributed by atoms with E-state index in [4.69, 9.17) is 27.9 Å². The molecule has 38 heavy (non-hydrogen) atoms. The van der Waals surface area contributed by atoms with Crippen LogP contribution < -0.4 is 19.9 Å². The maximum absolute atomic E-state index is 13.8. The van der Waals surface area contributed by atoms with Crippen LogP contribution in [0.1, 0.15) is 33.6 Å². The van der Waals surface area contributed by atoms with Gasteiger partial charge in [-0.3, -0.25) is 14.6 Å². The summed E-state index contributed by atoms with van der Waals surface area (Å²) < 4.78 is 6.02. The van der Waals surface area contributed by atoms with E-state index in [-0.39, 0.29) is 38.6 Å².